The van der Waals surface area contributed by atoms with Crippen molar-refractivity contribution in [1.29, 1.82) is 0 Å². The average molecular weight is 304 g/mol. The molecule has 1 aliphatic heterocycles. The van der Waals surface area contributed by atoms with E-state index in [4.69, 9.17) is 0 Å². The third kappa shape index (κ3) is 5.40. The van der Waals surface area contributed by atoms with E-state index in [1.165, 1.54) is 0 Å². The fraction of sp³-hybridized carbons (Fsp3) is 0.929. The first-order valence-electron chi connectivity index (χ1n) is 7.41. The molecule has 0 atom stereocenters. The maximum atomic E-state index is 12.2. The Balaban J connectivity index is 2.62. The van der Waals surface area contributed by atoms with Gasteiger partial charge in [-0.3, -0.25) is 4.79 Å². The average Bonchev–Trinajstić information content (AvgIpc) is 2.52. The maximum Gasteiger partial charge on any atom is 0.223 e. The molecule has 0 bridgehead atoms. The second-order valence-corrected chi connectivity index (χ2v) is 8.78. The van der Waals surface area contributed by atoms with E-state index < -0.39 is 10.0 Å². The molecule has 0 aromatic carbocycles. The minimum absolute atomic E-state index is 0.0304. The second-order valence-electron chi connectivity index (χ2n) is 6.69. The summed E-state index contributed by atoms with van der Waals surface area (Å²) in [6.45, 7) is 10.1. The van der Waals surface area contributed by atoms with Crippen LogP contribution in [0, 0.1) is 5.41 Å². The molecule has 6 heteroatoms. The van der Waals surface area contributed by atoms with Crippen molar-refractivity contribution in [3.8, 4) is 0 Å². The zero-order valence-electron chi connectivity index (χ0n) is 13.2. The van der Waals surface area contributed by atoms with Crippen molar-refractivity contribution in [2.75, 3.05) is 31.9 Å². The Morgan fingerprint density at radius 2 is 1.75 bits per heavy atom. The standard InChI is InChI=1S/C14H28N2O3S/c1-5-11-20(18,19)16-8-6-7-15(9-10-16)13(17)12-14(2,3)4/h5-12H2,1-4H3. The number of sulfonamides is 1. The molecule has 1 saturated heterocycles. The Morgan fingerprint density at radius 1 is 1.10 bits per heavy atom. The van der Waals surface area contributed by atoms with E-state index in [0.29, 0.717) is 39.0 Å². The minimum Gasteiger partial charge on any atom is -0.341 e. The van der Waals surface area contributed by atoms with Crippen LogP contribution in [0.25, 0.3) is 0 Å². The predicted octanol–water partition coefficient (Wildman–Crippen LogP) is 1.70. The van der Waals surface area contributed by atoms with Crippen molar-refractivity contribution in [3.63, 3.8) is 0 Å². The van der Waals surface area contributed by atoms with Gasteiger partial charge in [0.2, 0.25) is 15.9 Å². The van der Waals surface area contributed by atoms with E-state index in [1.54, 1.807) is 4.31 Å². The normalized spacial score (nSPS) is 18.9. The fourth-order valence-electron chi connectivity index (χ4n) is 2.37. The van der Waals surface area contributed by atoms with Gasteiger partial charge in [0.15, 0.2) is 0 Å². The first-order valence-corrected chi connectivity index (χ1v) is 9.02. The SMILES string of the molecule is CCCS(=O)(=O)N1CCCN(C(=O)CC(C)(C)C)CC1. The summed E-state index contributed by atoms with van der Waals surface area (Å²) in [7, 11) is -3.15. The van der Waals surface area contributed by atoms with Gasteiger partial charge in [-0.15, -0.1) is 0 Å². The molecule has 0 aromatic rings. The van der Waals surface area contributed by atoms with Gasteiger partial charge in [0.1, 0.15) is 0 Å². The van der Waals surface area contributed by atoms with Gasteiger partial charge in [-0.05, 0) is 18.3 Å². The lowest BCUT2D eigenvalue weighted by Gasteiger charge is -2.25. The third-order valence-corrected chi connectivity index (χ3v) is 5.42. The predicted molar refractivity (Wildman–Crippen MR) is 80.9 cm³/mol. The van der Waals surface area contributed by atoms with Crippen LogP contribution < -0.4 is 0 Å². The van der Waals surface area contributed by atoms with Crippen LogP contribution in [0.5, 0.6) is 0 Å². The summed E-state index contributed by atoms with van der Waals surface area (Å²) in [5.74, 6) is 0.329. The van der Waals surface area contributed by atoms with E-state index in [2.05, 4.69) is 0 Å². The van der Waals surface area contributed by atoms with Gasteiger partial charge in [0.25, 0.3) is 0 Å². The van der Waals surface area contributed by atoms with Crippen LogP contribution in [0.1, 0.15) is 47.0 Å². The van der Waals surface area contributed by atoms with Crippen LogP contribution in [0.2, 0.25) is 0 Å². The van der Waals surface area contributed by atoms with Crippen LogP contribution in [0.15, 0.2) is 0 Å². The topological polar surface area (TPSA) is 57.7 Å². The summed E-state index contributed by atoms with van der Waals surface area (Å²) in [6.07, 6.45) is 1.86. The second kappa shape index (κ2) is 6.89. The lowest BCUT2D eigenvalue weighted by molar-refractivity contribution is -0.132. The van der Waals surface area contributed by atoms with Crippen LogP contribution in [0.3, 0.4) is 0 Å². The van der Waals surface area contributed by atoms with Gasteiger partial charge in [0.05, 0.1) is 5.75 Å². The van der Waals surface area contributed by atoms with Gasteiger partial charge in [0, 0.05) is 32.6 Å². The number of rotatable bonds is 4. The highest BCUT2D eigenvalue weighted by atomic mass is 32.2. The van der Waals surface area contributed by atoms with Crippen LogP contribution >= 0.6 is 0 Å². The molecule has 5 nitrogen and oxygen atoms in total. The molecule has 0 radical (unpaired) electrons. The number of carbonyl (C=O) groups is 1. The summed E-state index contributed by atoms with van der Waals surface area (Å²) >= 11 is 0. The Labute approximate surface area is 123 Å². The lowest BCUT2D eigenvalue weighted by Crippen LogP contribution is -2.39. The van der Waals surface area contributed by atoms with Gasteiger partial charge in [-0.2, -0.15) is 0 Å². The van der Waals surface area contributed by atoms with Crippen molar-refractivity contribution in [1.82, 2.24) is 9.21 Å². The smallest absolute Gasteiger partial charge is 0.223 e. The van der Waals surface area contributed by atoms with Crippen molar-refractivity contribution >= 4 is 15.9 Å². The molecule has 20 heavy (non-hydrogen) atoms. The zero-order chi connectivity index (χ0) is 15.4. The van der Waals surface area contributed by atoms with Crippen molar-refractivity contribution < 1.29 is 13.2 Å². The summed E-state index contributed by atoms with van der Waals surface area (Å²) in [5, 5.41) is 0. The molecule has 0 N–H and O–H groups in total. The van der Waals surface area contributed by atoms with E-state index in [-0.39, 0.29) is 17.1 Å². The van der Waals surface area contributed by atoms with Crippen LogP contribution in [-0.4, -0.2) is 55.5 Å². The summed E-state index contributed by atoms with van der Waals surface area (Å²) in [6, 6.07) is 0. The molecule has 118 valence electrons. The summed E-state index contributed by atoms with van der Waals surface area (Å²) in [5.41, 5.74) is -0.0304. The number of amides is 1. The number of nitrogens with zero attached hydrogens (tertiary/aromatic N) is 2. The molecule has 0 spiro atoms. The number of carbonyl (C=O) groups excluding carboxylic acids is 1. The van der Waals surface area contributed by atoms with E-state index >= 15 is 0 Å². The van der Waals surface area contributed by atoms with Crippen molar-refractivity contribution in [2.45, 2.75) is 47.0 Å². The minimum atomic E-state index is -3.15. The van der Waals surface area contributed by atoms with Gasteiger partial charge >= 0.3 is 0 Å². The molecule has 0 aliphatic carbocycles. The molecule has 0 unspecified atom stereocenters. The Hall–Kier alpha value is -0.620. The Kier molecular flexibility index (Phi) is 6.01. The molecular formula is C14H28N2O3S. The number of hydrogen-bond donors (Lipinski definition) is 0. The summed E-state index contributed by atoms with van der Waals surface area (Å²) < 4.78 is 25.7. The molecular weight excluding hydrogens is 276 g/mol. The molecule has 1 aliphatic rings. The van der Waals surface area contributed by atoms with Crippen LogP contribution in [-0.2, 0) is 14.8 Å². The van der Waals surface area contributed by atoms with E-state index in [9.17, 15) is 13.2 Å². The highest BCUT2D eigenvalue weighted by molar-refractivity contribution is 7.89. The highest BCUT2D eigenvalue weighted by Gasteiger charge is 2.27. The van der Waals surface area contributed by atoms with Gasteiger partial charge < -0.3 is 4.90 Å². The van der Waals surface area contributed by atoms with Crippen LogP contribution in [0.4, 0.5) is 0 Å². The largest absolute Gasteiger partial charge is 0.341 e. The maximum absolute atomic E-state index is 12.2. The van der Waals surface area contributed by atoms with E-state index in [0.717, 1.165) is 6.42 Å². The third-order valence-electron chi connectivity index (χ3n) is 3.34. The summed E-state index contributed by atoms with van der Waals surface area (Å²) in [4.78, 5) is 14.0. The first-order chi connectivity index (χ1) is 9.15. The Morgan fingerprint density at radius 3 is 2.30 bits per heavy atom. The molecule has 1 heterocycles. The Bertz CT molecular complexity index is 426. The lowest BCUT2D eigenvalue weighted by atomic mass is 9.91. The highest BCUT2D eigenvalue weighted by Crippen LogP contribution is 2.20. The molecule has 1 fully saturated rings. The zero-order valence-corrected chi connectivity index (χ0v) is 14.0. The van der Waals surface area contributed by atoms with Gasteiger partial charge in [-0.1, -0.05) is 27.7 Å². The molecule has 1 amide bonds. The monoisotopic (exact) mass is 304 g/mol. The van der Waals surface area contributed by atoms with Gasteiger partial charge in [-0.25, -0.2) is 12.7 Å². The molecule has 1 rings (SSSR count). The van der Waals surface area contributed by atoms with Crippen molar-refractivity contribution in [3.05, 3.63) is 0 Å². The fourth-order valence-corrected chi connectivity index (χ4v) is 3.92. The first kappa shape index (κ1) is 17.4. The van der Waals surface area contributed by atoms with Crippen molar-refractivity contribution in [2.24, 2.45) is 5.41 Å². The molecule has 0 aromatic heterocycles. The molecule has 0 saturated carbocycles. The quantitative estimate of drug-likeness (QED) is 0.794. The van der Waals surface area contributed by atoms with E-state index in [1.807, 2.05) is 32.6 Å². The number of hydrogen-bond acceptors (Lipinski definition) is 3.